The first-order valence-corrected chi connectivity index (χ1v) is 6.61. The molecule has 1 aliphatic rings. The van der Waals surface area contributed by atoms with Crippen molar-refractivity contribution in [2.24, 2.45) is 0 Å². The predicted octanol–water partition coefficient (Wildman–Crippen LogP) is 3.17. The van der Waals surface area contributed by atoms with Gasteiger partial charge < -0.3 is 0 Å². The molecule has 0 radical (unpaired) electrons. The molecule has 0 atom stereocenters. The lowest BCUT2D eigenvalue weighted by Crippen LogP contribution is -2.31. The summed E-state index contributed by atoms with van der Waals surface area (Å²) in [7, 11) is 0. The number of nitrogens with zero attached hydrogens (tertiary/aromatic N) is 2. The van der Waals surface area contributed by atoms with Crippen molar-refractivity contribution in [3.63, 3.8) is 0 Å². The lowest BCUT2D eigenvalue weighted by Gasteiger charge is -2.23. The zero-order chi connectivity index (χ0) is 13.8. The van der Waals surface area contributed by atoms with E-state index in [1.54, 1.807) is 16.7 Å². The van der Waals surface area contributed by atoms with E-state index in [1.165, 1.54) is 6.07 Å². The Bertz CT molecular complexity index is 708. The van der Waals surface area contributed by atoms with Crippen LogP contribution in [0.5, 0.6) is 0 Å². The van der Waals surface area contributed by atoms with Crippen LogP contribution in [0.2, 0.25) is 0 Å². The van der Waals surface area contributed by atoms with E-state index >= 15 is 0 Å². The maximum Gasteiger partial charge on any atom is 0.264 e. The average molecular weight is 260 g/mol. The van der Waals surface area contributed by atoms with E-state index in [2.05, 4.69) is 4.98 Å². The normalized spacial score (nSPS) is 16.0. The molecule has 3 nitrogen and oxygen atoms in total. The predicted molar refractivity (Wildman–Crippen MR) is 72.9 cm³/mol. The van der Waals surface area contributed by atoms with Crippen LogP contribution in [0.4, 0.5) is 4.39 Å². The molecule has 0 N–H and O–H groups in total. The summed E-state index contributed by atoms with van der Waals surface area (Å²) in [6.45, 7) is 6.08. The Morgan fingerprint density at radius 3 is 2.58 bits per heavy atom. The van der Waals surface area contributed by atoms with Crippen LogP contribution < -0.4 is 5.56 Å². The molecule has 1 saturated carbocycles. The molecule has 0 saturated heterocycles. The van der Waals surface area contributed by atoms with Crippen LogP contribution in [0.15, 0.2) is 23.0 Å². The highest BCUT2D eigenvalue weighted by atomic mass is 19.1. The number of hydrogen-bond acceptors (Lipinski definition) is 2. The lowest BCUT2D eigenvalue weighted by molar-refractivity contribution is 0.484. The number of halogens is 1. The molecule has 100 valence electrons. The molecule has 1 aliphatic carbocycles. The first kappa shape index (κ1) is 12.3. The van der Waals surface area contributed by atoms with Crippen molar-refractivity contribution in [2.75, 3.05) is 0 Å². The molecule has 0 amide bonds. The quantitative estimate of drug-likeness (QED) is 0.789. The van der Waals surface area contributed by atoms with E-state index in [0.717, 1.165) is 18.7 Å². The van der Waals surface area contributed by atoms with E-state index in [0.29, 0.717) is 5.52 Å². The molecule has 2 aromatic rings. The van der Waals surface area contributed by atoms with Crippen LogP contribution in [-0.2, 0) is 5.41 Å². The van der Waals surface area contributed by atoms with Gasteiger partial charge in [-0.15, -0.1) is 0 Å². The highest BCUT2D eigenvalue weighted by molar-refractivity contribution is 5.78. The zero-order valence-corrected chi connectivity index (χ0v) is 11.4. The molecule has 1 aromatic heterocycles. The fraction of sp³-hybridized carbons (Fsp3) is 0.467. The Morgan fingerprint density at radius 2 is 2.00 bits per heavy atom. The first-order chi connectivity index (χ1) is 8.89. The van der Waals surface area contributed by atoms with Gasteiger partial charge in [0.1, 0.15) is 17.0 Å². The fourth-order valence-electron chi connectivity index (χ4n) is 2.40. The Kier molecular flexibility index (Phi) is 2.52. The Morgan fingerprint density at radius 1 is 1.32 bits per heavy atom. The number of aromatic nitrogens is 2. The third-order valence-electron chi connectivity index (χ3n) is 3.46. The molecule has 19 heavy (non-hydrogen) atoms. The maximum atomic E-state index is 13.9. The van der Waals surface area contributed by atoms with Crippen LogP contribution in [0.25, 0.3) is 10.9 Å². The molecule has 3 rings (SSSR count). The van der Waals surface area contributed by atoms with E-state index in [4.69, 9.17) is 0 Å². The first-order valence-electron chi connectivity index (χ1n) is 6.61. The summed E-state index contributed by atoms with van der Waals surface area (Å²) in [5.41, 5.74) is -0.0234. The SMILES string of the molecule is CC(C)(C)c1nc2cccc(F)c2c(=O)n1C1CC1. The number of fused-ring (bicyclic) bond motifs is 1. The lowest BCUT2D eigenvalue weighted by atomic mass is 9.94. The van der Waals surface area contributed by atoms with E-state index < -0.39 is 5.82 Å². The molecular formula is C15H17FN2O. The Labute approximate surface area is 111 Å². The second-order valence-electron chi connectivity index (χ2n) is 6.23. The van der Waals surface area contributed by atoms with Gasteiger partial charge in [-0.1, -0.05) is 26.8 Å². The minimum absolute atomic E-state index is 0.113. The summed E-state index contributed by atoms with van der Waals surface area (Å²) in [6, 6.07) is 4.81. The van der Waals surface area contributed by atoms with Crippen molar-refractivity contribution in [3.05, 3.63) is 40.2 Å². The second-order valence-corrected chi connectivity index (χ2v) is 6.23. The van der Waals surface area contributed by atoms with Crippen LogP contribution in [0.1, 0.15) is 45.5 Å². The smallest absolute Gasteiger partial charge is 0.264 e. The minimum atomic E-state index is -0.482. The highest BCUT2D eigenvalue weighted by Gasteiger charge is 2.32. The van der Waals surface area contributed by atoms with E-state index in [9.17, 15) is 9.18 Å². The van der Waals surface area contributed by atoms with Crippen LogP contribution in [0.3, 0.4) is 0 Å². The zero-order valence-electron chi connectivity index (χ0n) is 11.4. The summed E-state index contributed by atoms with van der Waals surface area (Å²) in [5, 5.41) is 0.113. The molecule has 1 aromatic carbocycles. The van der Waals surface area contributed by atoms with Gasteiger partial charge in [0.25, 0.3) is 5.56 Å². The van der Waals surface area contributed by atoms with Gasteiger partial charge in [0.05, 0.1) is 5.52 Å². The van der Waals surface area contributed by atoms with Crippen molar-refractivity contribution in [3.8, 4) is 0 Å². The molecule has 1 heterocycles. The summed E-state index contributed by atoms with van der Waals surface area (Å²) < 4.78 is 15.6. The minimum Gasteiger partial charge on any atom is -0.292 e. The standard InChI is InChI=1S/C15H17FN2O/c1-15(2,3)14-17-11-6-4-5-10(16)12(11)13(19)18(14)9-7-8-9/h4-6,9H,7-8H2,1-3H3. The van der Waals surface area contributed by atoms with Gasteiger partial charge in [0, 0.05) is 11.5 Å². The second kappa shape index (κ2) is 3.89. The number of benzene rings is 1. The third kappa shape index (κ3) is 1.95. The maximum absolute atomic E-state index is 13.9. The van der Waals surface area contributed by atoms with Crippen LogP contribution >= 0.6 is 0 Å². The Hall–Kier alpha value is -1.71. The molecule has 0 aliphatic heterocycles. The van der Waals surface area contributed by atoms with Gasteiger partial charge in [-0.3, -0.25) is 9.36 Å². The monoisotopic (exact) mass is 260 g/mol. The van der Waals surface area contributed by atoms with E-state index in [1.807, 2.05) is 20.8 Å². The van der Waals surface area contributed by atoms with Crippen LogP contribution in [-0.4, -0.2) is 9.55 Å². The number of rotatable bonds is 1. The topological polar surface area (TPSA) is 34.9 Å². The number of hydrogen-bond donors (Lipinski definition) is 0. The molecule has 0 unspecified atom stereocenters. The average Bonchev–Trinajstić information content (AvgIpc) is 3.11. The van der Waals surface area contributed by atoms with Crippen molar-refractivity contribution in [1.82, 2.24) is 9.55 Å². The molecule has 0 spiro atoms. The van der Waals surface area contributed by atoms with Gasteiger partial charge in [-0.2, -0.15) is 0 Å². The molecule has 0 bridgehead atoms. The largest absolute Gasteiger partial charge is 0.292 e. The van der Waals surface area contributed by atoms with Gasteiger partial charge in [-0.25, -0.2) is 9.37 Å². The van der Waals surface area contributed by atoms with Crippen LogP contribution in [0, 0.1) is 5.82 Å². The third-order valence-corrected chi connectivity index (χ3v) is 3.46. The Balaban J connectivity index is 2.44. The summed E-state index contributed by atoms with van der Waals surface area (Å²) in [5.74, 6) is 0.267. The summed E-state index contributed by atoms with van der Waals surface area (Å²) >= 11 is 0. The van der Waals surface area contributed by atoms with Crippen molar-refractivity contribution in [1.29, 1.82) is 0 Å². The van der Waals surface area contributed by atoms with Gasteiger partial charge in [0.15, 0.2) is 0 Å². The van der Waals surface area contributed by atoms with Gasteiger partial charge in [-0.05, 0) is 25.0 Å². The molecule has 1 fully saturated rings. The van der Waals surface area contributed by atoms with Crippen molar-refractivity contribution in [2.45, 2.75) is 45.1 Å². The highest BCUT2D eigenvalue weighted by Crippen LogP contribution is 2.37. The molecular weight excluding hydrogens is 243 g/mol. The van der Waals surface area contributed by atoms with Crippen molar-refractivity contribution >= 4 is 10.9 Å². The summed E-state index contributed by atoms with van der Waals surface area (Å²) in [6.07, 6.45) is 1.95. The van der Waals surface area contributed by atoms with Gasteiger partial charge >= 0.3 is 0 Å². The summed E-state index contributed by atoms with van der Waals surface area (Å²) in [4.78, 5) is 17.1. The molecule has 4 heteroatoms. The van der Waals surface area contributed by atoms with Gasteiger partial charge in [0.2, 0.25) is 0 Å². The fourth-order valence-corrected chi connectivity index (χ4v) is 2.40. The van der Waals surface area contributed by atoms with E-state index in [-0.39, 0.29) is 22.4 Å². The van der Waals surface area contributed by atoms with Crippen molar-refractivity contribution < 1.29 is 4.39 Å².